The smallest absolute Gasteiger partial charge is 0.291 e. The second-order valence-corrected chi connectivity index (χ2v) is 5.79. The summed E-state index contributed by atoms with van der Waals surface area (Å²) in [4.78, 5) is 16.2. The topological polar surface area (TPSA) is 79.9 Å². The number of nitrogens with one attached hydrogen (secondary N) is 2. The summed E-state index contributed by atoms with van der Waals surface area (Å²) in [6.45, 7) is 6.41. The number of methoxy groups -OCH3 is 1. The number of hydrogen-bond donors (Lipinski definition) is 2. The Morgan fingerprint density at radius 2 is 2.14 bits per heavy atom. The van der Waals surface area contributed by atoms with Crippen molar-refractivity contribution in [2.45, 2.75) is 32.7 Å². The lowest BCUT2D eigenvalue weighted by molar-refractivity contribution is 0.0940. The summed E-state index contributed by atoms with van der Waals surface area (Å²) in [5, 5.41) is 9.55. The number of aromatic amines is 1. The van der Waals surface area contributed by atoms with Gasteiger partial charge in [0.1, 0.15) is 11.6 Å². The fraction of sp³-hybridized carbons (Fsp3) is 0.400. The van der Waals surface area contributed by atoms with Gasteiger partial charge in [0.25, 0.3) is 5.91 Å². The first kappa shape index (κ1) is 15.0. The van der Waals surface area contributed by atoms with Gasteiger partial charge in [-0.2, -0.15) is 0 Å². The first-order valence-corrected chi connectivity index (χ1v) is 6.74. The molecule has 2 N–H and O–H groups in total. The number of hydrogen-bond acceptors (Lipinski definition) is 4. The lowest BCUT2D eigenvalue weighted by atomic mass is 9.96. The zero-order chi connectivity index (χ0) is 15.5. The number of nitrogens with zero attached hydrogens (tertiary/aromatic N) is 2. The van der Waals surface area contributed by atoms with Crippen LogP contribution in [0.4, 0.5) is 0 Å². The van der Waals surface area contributed by atoms with Crippen molar-refractivity contribution in [3.05, 3.63) is 41.5 Å². The van der Waals surface area contributed by atoms with E-state index in [-0.39, 0.29) is 17.1 Å². The molecular formula is C15H20N4O2. The van der Waals surface area contributed by atoms with Crippen LogP contribution in [0, 0.1) is 0 Å². The van der Waals surface area contributed by atoms with Crippen molar-refractivity contribution in [3.63, 3.8) is 0 Å². The molecule has 112 valence electrons. The Labute approximate surface area is 123 Å². The van der Waals surface area contributed by atoms with E-state index in [0.717, 1.165) is 11.3 Å². The van der Waals surface area contributed by atoms with Crippen LogP contribution < -0.4 is 10.1 Å². The molecular weight excluding hydrogens is 268 g/mol. The van der Waals surface area contributed by atoms with E-state index in [1.165, 1.54) is 0 Å². The van der Waals surface area contributed by atoms with Crippen molar-refractivity contribution in [2.24, 2.45) is 0 Å². The molecule has 2 aromatic rings. The van der Waals surface area contributed by atoms with Crippen molar-refractivity contribution >= 4 is 5.91 Å². The van der Waals surface area contributed by atoms with Crippen LogP contribution in [0.2, 0.25) is 0 Å². The third-order valence-corrected chi connectivity index (χ3v) is 2.99. The molecule has 0 bridgehead atoms. The Kier molecular flexibility index (Phi) is 4.26. The standard InChI is InChI=1S/C15H20N4O2/c1-15(2,3)14-17-12(18-19-14)13(20)16-9-10-6-5-7-11(8-10)21-4/h5-8H,9H2,1-4H3,(H,16,20)(H,17,18,19). The van der Waals surface area contributed by atoms with Gasteiger partial charge in [0.2, 0.25) is 5.82 Å². The van der Waals surface area contributed by atoms with E-state index in [1.807, 2.05) is 45.0 Å². The van der Waals surface area contributed by atoms with Crippen LogP contribution in [0.25, 0.3) is 0 Å². The number of aromatic nitrogens is 3. The second-order valence-electron chi connectivity index (χ2n) is 5.79. The molecule has 0 saturated carbocycles. The van der Waals surface area contributed by atoms with Gasteiger partial charge in [0.15, 0.2) is 0 Å². The highest BCUT2D eigenvalue weighted by Crippen LogP contribution is 2.17. The van der Waals surface area contributed by atoms with Crippen molar-refractivity contribution in [1.82, 2.24) is 20.5 Å². The van der Waals surface area contributed by atoms with Crippen LogP contribution in [0.3, 0.4) is 0 Å². The molecule has 0 atom stereocenters. The molecule has 0 unspecified atom stereocenters. The maximum atomic E-state index is 12.0. The maximum absolute atomic E-state index is 12.0. The quantitative estimate of drug-likeness (QED) is 0.902. The largest absolute Gasteiger partial charge is 0.497 e. The van der Waals surface area contributed by atoms with E-state index in [0.29, 0.717) is 12.4 Å². The molecule has 0 fully saturated rings. The van der Waals surface area contributed by atoms with E-state index in [9.17, 15) is 4.79 Å². The average Bonchev–Trinajstić information content (AvgIpc) is 2.95. The summed E-state index contributed by atoms with van der Waals surface area (Å²) >= 11 is 0. The third-order valence-electron chi connectivity index (χ3n) is 2.99. The number of benzene rings is 1. The highest BCUT2D eigenvalue weighted by molar-refractivity contribution is 5.90. The number of H-pyrrole nitrogens is 1. The van der Waals surface area contributed by atoms with Gasteiger partial charge in [-0.25, -0.2) is 4.98 Å². The Morgan fingerprint density at radius 1 is 1.38 bits per heavy atom. The normalized spacial score (nSPS) is 11.2. The summed E-state index contributed by atoms with van der Waals surface area (Å²) in [5.74, 6) is 1.30. The summed E-state index contributed by atoms with van der Waals surface area (Å²) in [6.07, 6.45) is 0. The van der Waals surface area contributed by atoms with Crippen molar-refractivity contribution in [1.29, 1.82) is 0 Å². The Hall–Kier alpha value is -2.37. The molecule has 2 rings (SSSR count). The number of carbonyl (C=O) groups is 1. The van der Waals surface area contributed by atoms with Gasteiger partial charge in [0, 0.05) is 12.0 Å². The van der Waals surface area contributed by atoms with Crippen LogP contribution in [0.5, 0.6) is 5.75 Å². The monoisotopic (exact) mass is 288 g/mol. The Morgan fingerprint density at radius 3 is 2.76 bits per heavy atom. The first-order chi connectivity index (χ1) is 9.90. The minimum absolute atomic E-state index is 0.155. The fourth-order valence-electron chi connectivity index (χ4n) is 1.74. The van der Waals surface area contributed by atoms with E-state index in [1.54, 1.807) is 7.11 Å². The van der Waals surface area contributed by atoms with Crippen LogP contribution in [-0.2, 0) is 12.0 Å². The first-order valence-electron chi connectivity index (χ1n) is 6.74. The second kappa shape index (κ2) is 5.95. The summed E-state index contributed by atoms with van der Waals surface area (Å²) in [5.41, 5.74) is 0.785. The number of amides is 1. The molecule has 0 aliphatic rings. The van der Waals surface area contributed by atoms with Gasteiger partial charge in [-0.3, -0.25) is 9.89 Å². The van der Waals surface area contributed by atoms with Gasteiger partial charge in [0.05, 0.1) is 7.11 Å². The minimum atomic E-state index is -0.301. The third kappa shape index (κ3) is 3.81. The van der Waals surface area contributed by atoms with Crippen molar-refractivity contribution in [2.75, 3.05) is 7.11 Å². The molecule has 1 amide bonds. The summed E-state index contributed by atoms with van der Waals surface area (Å²) in [6, 6.07) is 7.53. The molecule has 6 nitrogen and oxygen atoms in total. The van der Waals surface area contributed by atoms with E-state index < -0.39 is 0 Å². The molecule has 0 saturated heterocycles. The van der Waals surface area contributed by atoms with Crippen LogP contribution in [0.1, 0.15) is 42.8 Å². The zero-order valence-corrected chi connectivity index (χ0v) is 12.7. The van der Waals surface area contributed by atoms with Gasteiger partial charge >= 0.3 is 0 Å². The molecule has 0 radical (unpaired) electrons. The summed E-state index contributed by atoms with van der Waals surface area (Å²) < 4.78 is 5.14. The Bertz CT molecular complexity index is 629. The predicted molar refractivity (Wildman–Crippen MR) is 79.2 cm³/mol. The summed E-state index contributed by atoms with van der Waals surface area (Å²) in [7, 11) is 1.61. The average molecular weight is 288 g/mol. The SMILES string of the molecule is COc1cccc(CNC(=O)c2n[nH]c(C(C)(C)C)n2)c1. The molecule has 0 spiro atoms. The van der Waals surface area contributed by atoms with E-state index in [2.05, 4.69) is 20.5 Å². The predicted octanol–water partition coefficient (Wildman–Crippen LogP) is 2.04. The molecule has 0 aliphatic heterocycles. The van der Waals surface area contributed by atoms with Crippen molar-refractivity contribution < 1.29 is 9.53 Å². The molecule has 1 aromatic heterocycles. The number of carbonyl (C=O) groups excluding carboxylic acids is 1. The van der Waals surface area contributed by atoms with Crippen LogP contribution in [-0.4, -0.2) is 28.2 Å². The van der Waals surface area contributed by atoms with Gasteiger partial charge < -0.3 is 10.1 Å². The van der Waals surface area contributed by atoms with Gasteiger partial charge in [-0.15, -0.1) is 5.10 Å². The lowest BCUT2D eigenvalue weighted by Crippen LogP contribution is -2.24. The number of ether oxygens (including phenoxy) is 1. The Balaban J connectivity index is 2.00. The molecule has 1 aromatic carbocycles. The zero-order valence-electron chi connectivity index (χ0n) is 12.7. The van der Waals surface area contributed by atoms with Crippen LogP contribution in [0.15, 0.2) is 24.3 Å². The highest BCUT2D eigenvalue weighted by Gasteiger charge is 2.21. The molecule has 0 aliphatic carbocycles. The lowest BCUT2D eigenvalue weighted by Gasteiger charge is -2.12. The van der Waals surface area contributed by atoms with E-state index >= 15 is 0 Å². The molecule has 21 heavy (non-hydrogen) atoms. The maximum Gasteiger partial charge on any atom is 0.291 e. The van der Waals surface area contributed by atoms with Gasteiger partial charge in [-0.05, 0) is 17.7 Å². The molecule has 6 heteroatoms. The fourth-order valence-corrected chi connectivity index (χ4v) is 1.74. The molecule has 1 heterocycles. The van der Waals surface area contributed by atoms with Crippen molar-refractivity contribution in [3.8, 4) is 5.75 Å². The van der Waals surface area contributed by atoms with Crippen LogP contribution >= 0.6 is 0 Å². The minimum Gasteiger partial charge on any atom is -0.497 e. The number of rotatable bonds is 4. The highest BCUT2D eigenvalue weighted by atomic mass is 16.5. The van der Waals surface area contributed by atoms with Gasteiger partial charge in [-0.1, -0.05) is 32.9 Å². The van der Waals surface area contributed by atoms with E-state index in [4.69, 9.17) is 4.74 Å².